The number of benzene rings is 1. The lowest BCUT2D eigenvalue weighted by molar-refractivity contribution is -0.118. The fourth-order valence-corrected chi connectivity index (χ4v) is 1.21. The molecule has 0 aliphatic rings. The topological polar surface area (TPSA) is 43.1 Å². The second-order valence-electron chi connectivity index (χ2n) is 3.12. The monoisotopic (exact) mass is 215 g/mol. The molecular formula is C11H15F2NO. The number of primary amides is 1. The third-order valence-electron chi connectivity index (χ3n) is 1.95. The van der Waals surface area contributed by atoms with Crippen molar-refractivity contribution in [2.24, 2.45) is 5.73 Å². The van der Waals surface area contributed by atoms with E-state index < -0.39 is 0 Å². The third-order valence-corrected chi connectivity index (χ3v) is 1.95. The summed E-state index contributed by atoms with van der Waals surface area (Å²) in [6, 6.07) is 6.10. The van der Waals surface area contributed by atoms with Crippen molar-refractivity contribution in [3.63, 3.8) is 0 Å². The van der Waals surface area contributed by atoms with Crippen LogP contribution in [0.5, 0.6) is 0 Å². The Bertz CT molecular complexity index is 298. The standard InChI is InChI=1S/C10H12FNO.CH3F/c1-7(6-10(12)13)8-2-4-9(11)5-3-8;1-2/h2-5,7H,6H2,1H3,(H2,12,13);1H3. The summed E-state index contributed by atoms with van der Waals surface area (Å²) in [5.74, 6) is -0.551. The summed E-state index contributed by atoms with van der Waals surface area (Å²) in [7, 11) is 0.500. The first kappa shape index (κ1) is 13.5. The molecule has 1 aromatic carbocycles. The minimum Gasteiger partial charge on any atom is -0.370 e. The molecule has 0 aromatic heterocycles. The predicted molar refractivity (Wildman–Crippen MR) is 55.7 cm³/mol. The van der Waals surface area contributed by atoms with Crippen LogP contribution in [-0.4, -0.2) is 13.1 Å². The van der Waals surface area contributed by atoms with Gasteiger partial charge in [-0.25, -0.2) is 4.39 Å². The second-order valence-corrected chi connectivity index (χ2v) is 3.12. The van der Waals surface area contributed by atoms with Crippen molar-refractivity contribution in [3.05, 3.63) is 35.6 Å². The van der Waals surface area contributed by atoms with E-state index in [-0.39, 0.29) is 17.6 Å². The van der Waals surface area contributed by atoms with Crippen LogP contribution < -0.4 is 5.73 Å². The van der Waals surface area contributed by atoms with Gasteiger partial charge in [-0.3, -0.25) is 9.18 Å². The van der Waals surface area contributed by atoms with Gasteiger partial charge >= 0.3 is 0 Å². The molecule has 2 N–H and O–H groups in total. The molecule has 1 amide bonds. The SMILES string of the molecule is CC(CC(N)=O)c1ccc(F)cc1.CF. The summed E-state index contributed by atoms with van der Waals surface area (Å²) in [6.45, 7) is 1.89. The molecule has 0 radical (unpaired) electrons. The van der Waals surface area contributed by atoms with Crippen LogP contribution in [0.4, 0.5) is 8.78 Å². The summed E-state index contributed by atoms with van der Waals surface area (Å²) < 4.78 is 22.0. The van der Waals surface area contributed by atoms with Crippen molar-refractivity contribution < 1.29 is 13.6 Å². The lowest BCUT2D eigenvalue weighted by atomic mass is 9.98. The molecule has 4 heteroatoms. The predicted octanol–water partition coefficient (Wildman–Crippen LogP) is 2.39. The third kappa shape index (κ3) is 5.10. The van der Waals surface area contributed by atoms with Gasteiger partial charge in [-0.05, 0) is 23.6 Å². The molecule has 15 heavy (non-hydrogen) atoms. The van der Waals surface area contributed by atoms with Crippen LogP contribution >= 0.6 is 0 Å². The molecule has 1 atom stereocenters. The fraction of sp³-hybridized carbons (Fsp3) is 0.364. The zero-order chi connectivity index (χ0) is 11.8. The van der Waals surface area contributed by atoms with E-state index in [1.807, 2.05) is 6.92 Å². The Hall–Kier alpha value is -1.45. The van der Waals surface area contributed by atoms with Crippen molar-refractivity contribution in [1.29, 1.82) is 0 Å². The summed E-state index contributed by atoms with van der Waals surface area (Å²) in [5, 5.41) is 0. The minimum atomic E-state index is -0.336. The maximum Gasteiger partial charge on any atom is 0.218 e. The smallest absolute Gasteiger partial charge is 0.218 e. The second kappa shape index (κ2) is 6.92. The van der Waals surface area contributed by atoms with Crippen molar-refractivity contribution in [3.8, 4) is 0 Å². The van der Waals surface area contributed by atoms with Gasteiger partial charge in [0.25, 0.3) is 0 Å². The van der Waals surface area contributed by atoms with Crippen LogP contribution in [0.15, 0.2) is 24.3 Å². The Balaban J connectivity index is 0.000000921. The largest absolute Gasteiger partial charge is 0.370 e. The molecule has 0 heterocycles. The molecule has 84 valence electrons. The van der Waals surface area contributed by atoms with E-state index in [4.69, 9.17) is 5.73 Å². The van der Waals surface area contributed by atoms with Crippen LogP contribution in [0.25, 0.3) is 0 Å². The highest BCUT2D eigenvalue weighted by Gasteiger charge is 2.08. The number of rotatable bonds is 3. The number of hydrogen-bond donors (Lipinski definition) is 1. The lowest BCUT2D eigenvalue weighted by Gasteiger charge is -2.08. The Morgan fingerprint density at radius 1 is 1.33 bits per heavy atom. The zero-order valence-corrected chi connectivity index (χ0v) is 8.84. The molecular weight excluding hydrogens is 200 g/mol. The maximum absolute atomic E-state index is 12.5. The molecule has 0 saturated carbocycles. The van der Waals surface area contributed by atoms with Crippen molar-refractivity contribution in [2.45, 2.75) is 19.3 Å². The molecule has 1 rings (SSSR count). The van der Waals surface area contributed by atoms with Gasteiger partial charge in [0, 0.05) is 6.42 Å². The van der Waals surface area contributed by atoms with Gasteiger partial charge in [0.1, 0.15) is 5.82 Å². The van der Waals surface area contributed by atoms with Crippen LogP contribution in [-0.2, 0) is 4.79 Å². The van der Waals surface area contributed by atoms with Gasteiger partial charge in [0.2, 0.25) is 5.91 Å². The average molecular weight is 215 g/mol. The van der Waals surface area contributed by atoms with E-state index in [0.29, 0.717) is 13.6 Å². The van der Waals surface area contributed by atoms with Gasteiger partial charge in [-0.1, -0.05) is 19.1 Å². The quantitative estimate of drug-likeness (QED) is 0.826. The number of amides is 1. The van der Waals surface area contributed by atoms with Crippen LogP contribution in [0.1, 0.15) is 24.8 Å². The highest BCUT2D eigenvalue weighted by molar-refractivity contribution is 5.74. The molecule has 0 spiro atoms. The number of hydrogen-bond acceptors (Lipinski definition) is 1. The van der Waals surface area contributed by atoms with Gasteiger partial charge in [-0.15, -0.1) is 0 Å². The van der Waals surface area contributed by atoms with Crippen molar-refractivity contribution in [1.82, 2.24) is 0 Å². The average Bonchev–Trinajstić information content (AvgIpc) is 2.20. The Morgan fingerprint density at radius 2 is 1.80 bits per heavy atom. The lowest BCUT2D eigenvalue weighted by Crippen LogP contribution is -2.13. The Labute approximate surface area is 88.1 Å². The number of carbonyl (C=O) groups is 1. The molecule has 0 fully saturated rings. The fourth-order valence-electron chi connectivity index (χ4n) is 1.21. The van der Waals surface area contributed by atoms with E-state index in [0.717, 1.165) is 5.56 Å². The maximum atomic E-state index is 12.5. The molecule has 0 bridgehead atoms. The van der Waals surface area contributed by atoms with Crippen molar-refractivity contribution >= 4 is 5.91 Å². The van der Waals surface area contributed by atoms with E-state index >= 15 is 0 Å². The van der Waals surface area contributed by atoms with E-state index in [1.54, 1.807) is 12.1 Å². The summed E-state index contributed by atoms with van der Waals surface area (Å²) in [4.78, 5) is 10.6. The van der Waals surface area contributed by atoms with E-state index in [1.165, 1.54) is 12.1 Å². The van der Waals surface area contributed by atoms with Gasteiger partial charge in [0.05, 0.1) is 7.18 Å². The first-order valence-electron chi connectivity index (χ1n) is 4.51. The van der Waals surface area contributed by atoms with Gasteiger partial charge < -0.3 is 5.73 Å². The Kier molecular flexibility index (Phi) is 6.25. The van der Waals surface area contributed by atoms with E-state index in [2.05, 4.69) is 0 Å². The normalized spacial score (nSPS) is 11.2. The summed E-state index contributed by atoms with van der Waals surface area (Å²) in [5.41, 5.74) is 5.98. The first-order valence-corrected chi connectivity index (χ1v) is 4.51. The Morgan fingerprint density at radius 3 is 2.20 bits per heavy atom. The van der Waals surface area contributed by atoms with Gasteiger partial charge in [0.15, 0.2) is 0 Å². The molecule has 0 aliphatic heterocycles. The summed E-state index contributed by atoms with van der Waals surface area (Å²) in [6.07, 6.45) is 0.297. The molecule has 0 aliphatic carbocycles. The first-order chi connectivity index (χ1) is 7.09. The number of halogens is 2. The summed E-state index contributed by atoms with van der Waals surface area (Å²) >= 11 is 0. The van der Waals surface area contributed by atoms with Crippen LogP contribution in [0.2, 0.25) is 0 Å². The highest BCUT2D eigenvalue weighted by atomic mass is 19.1. The van der Waals surface area contributed by atoms with Gasteiger partial charge in [-0.2, -0.15) is 0 Å². The number of nitrogens with two attached hydrogens (primary N) is 1. The zero-order valence-electron chi connectivity index (χ0n) is 8.84. The van der Waals surface area contributed by atoms with E-state index in [9.17, 15) is 13.6 Å². The minimum absolute atomic E-state index is 0.0538. The molecule has 0 saturated heterocycles. The highest BCUT2D eigenvalue weighted by Crippen LogP contribution is 2.18. The molecule has 2 nitrogen and oxygen atoms in total. The molecule has 1 aromatic rings. The van der Waals surface area contributed by atoms with Crippen LogP contribution in [0.3, 0.4) is 0 Å². The number of carbonyl (C=O) groups excluding carboxylic acids is 1. The van der Waals surface area contributed by atoms with Crippen LogP contribution in [0, 0.1) is 5.82 Å². The molecule has 1 unspecified atom stereocenters. The number of alkyl halides is 1. The van der Waals surface area contributed by atoms with Crippen molar-refractivity contribution in [2.75, 3.05) is 7.18 Å².